The van der Waals surface area contributed by atoms with Crippen LogP contribution < -0.4 is 23.8 Å². The van der Waals surface area contributed by atoms with Gasteiger partial charge in [-0.05, 0) is 69.1 Å². The number of carbonyl (C=O) groups is 3. The first-order chi connectivity index (χ1) is 26.0. The van der Waals surface area contributed by atoms with Crippen LogP contribution in [-0.2, 0) is 25.2 Å². The molecule has 2 amide bonds. The lowest BCUT2D eigenvalue weighted by Crippen LogP contribution is -2.45. The number of amides is 2. The number of carbonyl (C=O) groups excluding carboxylic acids is 3. The second-order valence-electron chi connectivity index (χ2n) is 14.0. The first-order valence-corrected chi connectivity index (χ1v) is 17.6. The third-order valence-corrected chi connectivity index (χ3v) is 11.8. The van der Waals surface area contributed by atoms with Crippen LogP contribution >= 0.6 is 0 Å². The quantitative estimate of drug-likeness (QED) is 0.173. The lowest BCUT2D eigenvalue weighted by atomic mass is 9.59. The van der Waals surface area contributed by atoms with Gasteiger partial charge in [0, 0.05) is 5.39 Å². The fraction of sp³-hybridized carbons (Fsp3) is 0.133. The fourth-order valence-electron chi connectivity index (χ4n) is 9.87. The van der Waals surface area contributed by atoms with E-state index in [1.165, 1.54) is 4.90 Å². The predicted octanol–water partition coefficient (Wildman–Crippen LogP) is 7.49. The Balaban J connectivity index is 1.29. The van der Waals surface area contributed by atoms with Crippen LogP contribution in [0.3, 0.4) is 0 Å². The van der Waals surface area contributed by atoms with Crippen LogP contribution in [0.4, 0.5) is 5.69 Å². The van der Waals surface area contributed by atoms with E-state index in [0.717, 1.165) is 10.8 Å². The first kappa shape index (κ1) is 30.0. The molecular weight excluding hydrogens is 666 g/mol. The number of rotatable bonds is 5. The Morgan fingerprint density at radius 1 is 0.491 bits per heavy atom. The maximum Gasteiger partial charge on any atom is 0.239 e. The van der Waals surface area contributed by atoms with E-state index in [2.05, 4.69) is 0 Å². The van der Waals surface area contributed by atoms with Crippen molar-refractivity contribution in [1.82, 2.24) is 0 Å². The van der Waals surface area contributed by atoms with Gasteiger partial charge in [-0.2, -0.15) is 0 Å². The molecule has 6 aromatic carbocycles. The van der Waals surface area contributed by atoms with Gasteiger partial charge in [-0.25, -0.2) is 4.90 Å². The summed E-state index contributed by atoms with van der Waals surface area (Å²) in [5.74, 6) is -0.908. The van der Waals surface area contributed by atoms with Gasteiger partial charge in [0.05, 0.1) is 28.4 Å². The number of ether oxygens (including phenoxy) is 4. The van der Waals surface area contributed by atoms with Gasteiger partial charge < -0.3 is 18.9 Å². The number of fused-ring (bicyclic) bond motifs is 8. The molecule has 8 nitrogen and oxygen atoms in total. The number of allylic oxidation sites excluding steroid dienone is 2. The van der Waals surface area contributed by atoms with Crippen molar-refractivity contribution >= 4 is 45.2 Å². The maximum atomic E-state index is 16.3. The van der Waals surface area contributed by atoms with Gasteiger partial charge in [-0.3, -0.25) is 14.4 Å². The van der Waals surface area contributed by atoms with Crippen molar-refractivity contribution in [3.63, 3.8) is 0 Å². The van der Waals surface area contributed by atoms with Crippen LogP contribution in [0.25, 0.3) is 21.9 Å². The third kappa shape index (κ3) is 3.67. The van der Waals surface area contributed by atoms with Crippen LogP contribution in [0.5, 0.6) is 23.0 Å². The number of imide groups is 1. The molecule has 2 fully saturated rings. The van der Waals surface area contributed by atoms with E-state index in [4.69, 9.17) is 18.9 Å². The number of hydrogen-bond acceptors (Lipinski definition) is 7. The molecule has 1 saturated heterocycles. The van der Waals surface area contributed by atoms with E-state index in [9.17, 15) is 0 Å². The van der Waals surface area contributed by atoms with E-state index in [1.54, 1.807) is 0 Å². The zero-order valence-electron chi connectivity index (χ0n) is 28.2. The summed E-state index contributed by atoms with van der Waals surface area (Å²) in [6.45, 7) is 0.141. The molecule has 256 valence electrons. The number of anilines is 1. The standard InChI is InChI=1S/C45H29NO7/c47-41-39-40(42(48)46(41)32-17-9-11-26-10-7-8-16-31(26)32)45(30-14-5-2-6-15-30)38(28-19-21-34-36(23-28)53-25-51-34)37(27-18-20-33-35(22-27)52-24-50-33)44(39,43(45)49)29-12-3-1-4-13-29/h1-23,39-40H,24-25H2/t39-,40-,44+,45+/m1/s1. The van der Waals surface area contributed by atoms with Crippen LogP contribution in [0, 0.1) is 11.8 Å². The minimum Gasteiger partial charge on any atom is -0.454 e. The minimum absolute atomic E-state index is 0.0707. The van der Waals surface area contributed by atoms with E-state index < -0.39 is 34.5 Å². The summed E-state index contributed by atoms with van der Waals surface area (Å²) in [4.78, 5) is 48.8. The molecule has 2 bridgehead atoms. The van der Waals surface area contributed by atoms with Crippen LogP contribution in [0.1, 0.15) is 22.3 Å². The zero-order chi connectivity index (χ0) is 35.5. The third-order valence-electron chi connectivity index (χ3n) is 11.8. The van der Waals surface area contributed by atoms with Crippen molar-refractivity contribution < 1.29 is 33.3 Å². The smallest absolute Gasteiger partial charge is 0.239 e. The van der Waals surface area contributed by atoms with E-state index >= 15 is 14.4 Å². The highest BCUT2D eigenvalue weighted by atomic mass is 16.7. The van der Waals surface area contributed by atoms with Crippen molar-refractivity contribution in [3.8, 4) is 23.0 Å². The fourth-order valence-corrected chi connectivity index (χ4v) is 9.87. The van der Waals surface area contributed by atoms with Crippen molar-refractivity contribution in [3.05, 3.63) is 162 Å². The molecule has 0 N–H and O–H groups in total. The molecule has 0 spiro atoms. The second kappa shape index (κ2) is 10.7. The van der Waals surface area contributed by atoms with E-state index in [0.29, 0.717) is 62.1 Å². The Bertz CT molecular complexity index is 2470. The first-order valence-electron chi connectivity index (χ1n) is 17.6. The highest BCUT2D eigenvalue weighted by molar-refractivity contribution is 6.39. The Morgan fingerprint density at radius 3 is 1.51 bits per heavy atom. The molecular formula is C45H29NO7. The molecule has 11 rings (SSSR count). The molecule has 5 aliphatic rings. The average molecular weight is 696 g/mol. The molecule has 6 aromatic rings. The highest BCUT2D eigenvalue weighted by Crippen LogP contribution is 2.75. The second-order valence-corrected chi connectivity index (χ2v) is 14.0. The molecule has 0 aromatic heterocycles. The number of ketones is 1. The van der Waals surface area contributed by atoms with Crippen molar-refractivity contribution in [2.45, 2.75) is 10.8 Å². The van der Waals surface area contributed by atoms with Gasteiger partial charge in [-0.15, -0.1) is 0 Å². The number of benzene rings is 6. The van der Waals surface area contributed by atoms with E-state index in [-0.39, 0.29) is 19.4 Å². The van der Waals surface area contributed by atoms with Crippen LogP contribution in [-0.4, -0.2) is 31.2 Å². The van der Waals surface area contributed by atoms with Crippen molar-refractivity contribution in [1.29, 1.82) is 0 Å². The normalized spacial score (nSPS) is 24.8. The molecule has 8 heteroatoms. The highest BCUT2D eigenvalue weighted by Gasteiger charge is 2.83. The number of nitrogens with zero attached hydrogens (tertiary/aromatic N) is 1. The molecule has 0 unspecified atom stereocenters. The lowest BCUT2D eigenvalue weighted by Gasteiger charge is -2.39. The lowest BCUT2D eigenvalue weighted by molar-refractivity contribution is -0.130. The van der Waals surface area contributed by atoms with Gasteiger partial charge in [0.25, 0.3) is 0 Å². The number of Topliss-reactive ketones (excluding diaryl/α,β-unsaturated/α-hetero) is 1. The minimum atomic E-state index is -1.58. The van der Waals surface area contributed by atoms with Gasteiger partial charge in [0.2, 0.25) is 25.4 Å². The van der Waals surface area contributed by atoms with Gasteiger partial charge in [0.1, 0.15) is 0 Å². The van der Waals surface area contributed by atoms with Crippen molar-refractivity contribution in [2.24, 2.45) is 11.8 Å². The SMILES string of the molecule is O=C1[C@H]2[C@H](C(=O)N1c1cccc3ccccc13)[C@@]1(c3ccccc3)C(=O)[C@@]2(c2ccccc2)C(c2ccc3c(c2)OCO3)=C1c1ccc2c(c1)OCO2. The van der Waals surface area contributed by atoms with Gasteiger partial charge in [0.15, 0.2) is 28.8 Å². The monoisotopic (exact) mass is 695 g/mol. The molecule has 3 heterocycles. The molecule has 0 radical (unpaired) electrons. The summed E-state index contributed by atoms with van der Waals surface area (Å²) in [5, 5.41) is 1.68. The molecule has 4 atom stereocenters. The topological polar surface area (TPSA) is 91.4 Å². The van der Waals surface area contributed by atoms with Crippen LogP contribution in [0.15, 0.2) is 140 Å². The maximum absolute atomic E-state index is 16.3. The summed E-state index contributed by atoms with van der Waals surface area (Å²) in [6.07, 6.45) is 0. The Morgan fingerprint density at radius 2 is 0.962 bits per heavy atom. The van der Waals surface area contributed by atoms with Crippen molar-refractivity contribution in [2.75, 3.05) is 18.5 Å². The van der Waals surface area contributed by atoms with Gasteiger partial charge >= 0.3 is 0 Å². The molecule has 2 aliphatic carbocycles. The Hall–Kier alpha value is -6.67. The summed E-state index contributed by atoms with van der Waals surface area (Å²) >= 11 is 0. The molecule has 53 heavy (non-hydrogen) atoms. The Labute approximate surface area is 303 Å². The zero-order valence-corrected chi connectivity index (χ0v) is 28.2. The Kier molecular flexibility index (Phi) is 6.05. The summed E-state index contributed by atoms with van der Waals surface area (Å²) < 4.78 is 23.2. The van der Waals surface area contributed by atoms with E-state index in [1.807, 2.05) is 140 Å². The molecule has 1 saturated carbocycles. The largest absolute Gasteiger partial charge is 0.454 e. The summed E-state index contributed by atoms with van der Waals surface area (Å²) in [7, 11) is 0. The molecule has 3 aliphatic heterocycles. The predicted molar refractivity (Wildman–Crippen MR) is 197 cm³/mol. The van der Waals surface area contributed by atoms with Crippen LogP contribution in [0.2, 0.25) is 0 Å². The number of hydrogen-bond donors (Lipinski definition) is 0. The summed E-state index contributed by atoms with van der Waals surface area (Å²) in [5.41, 5.74) is 1.32. The summed E-state index contributed by atoms with van der Waals surface area (Å²) in [6, 6.07) is 43.6. The average Bonchev–Trinajstić information content (AvgIpc) is 4.01. The van der Waals surface area contributed by atoms with Gasteiger partial charge in [-0.1, -0.05) is 109 Å².